The molecule has 0 fully saturated rings. The van der Waals surface area contributed by atoms with E-state index in [1.807, 2.05) is 7.05 Å². The van der Waals surface area contributed by atoms with E-state index in [2.05, 4.69) is 14.9 Å². The number of aromatic nitrogens is 5. The van der Waals surface area contributed by atoms with E-state index in [-0.39, 0.29) is 10.6 Å². The van der Waals surface area contributed by atoms with Crippen LogP contribution in [0.1, 0.15) is 0 Å². The van der Waals surface area contributed by atoms with Crippen molar-refractivity contribution in [2.24, 2.45) is 21.1 Å². The summed E-state index contributed by atoms with van der Waals surface area (Å²) in [6, 6.07) is 11.6. The molecule has 0 spiro atoms. The van der Waals surface area contributed by atoms with Crippen molar-refractivity contribution in [2.75, 3.05) is 4.72 Å². The maximum Gasteiger partial charge on any atom is 0.328 e. The van der Waals surface area contributed by atoms with Gasteiger partial charge in [-0.1, -0.05) is 0 Å². The SMILES string of the molecule is Cn1cnnc1Sc1ccc(NS(=O)(=O)c2ccc3c(c2)n(C)c(=O)n3C)cc1. The molecule has 150 valence electrons. The first-order valence-electron chi connectivity index (χ1n) is 8.56. The quantitative estimate of drug-likeness (QED) is 0.519. The Morgan fingerprint density at radius 2 is 1.66 bits per heavy atom. The molecule has 0 aliphatic rings. The maximum absolute atomic E-state index is 12.8. The average molecular weight is 431 g/mol. The zero-order valence-corrected chi connectivity index (χ0v) is 17.5. The van der Waals surface area contributed by atoms with Crippen LogP contribution >= 0.6 is 11.8 Å². The number of anilines is 1. The fourth-order valence-electron chi connectivity index (χ4n) is 2.93. The van der Waals surface area contributed by atoms with Gasteiger partial charge in [-0.25, -0.2) is 13.2 Å². The summed E-state index contributed by atoms with van der Waals surface area (Å²) in [6.07, 6.45) is 1.62. The van der Waals surface area contributed by atoms with E-state index < -0.39 is 10.0 Å². The van der Waals surface area contributed by atoms with Crippen LogP contribution in [0.3, 0.4) is 0 Å². The molecule has 2 heterocycles. The summed E-state index contributed by atoms with van der Waals surface area (Å²) in [4.78, 5) is 13.0. The van der Waals surface area contributed by atoms with Crippen molar-refractivity contribution in [3.63, 3.8) is 0 Å². The summed E-state index contributed by atoms with van der Waals surface area (Å²) in [7, 11) is 1.31. The third kappa shape index (κ3) is 3.54. The molecule has 0 radical (unpaired) electrons. The largest absolute Gasteiger partial charge is 0.328 e. The molecule has 0 saturated carbocycles. The number of imidazole rings is 1. The molecule has 2 aromatic heterocycles. The minimum absolute atomic E-state index is 0.0868. The average Bonchev–Trinajstić information content (AvgIpc) is 3.20. The van der Waals surface area contributed by atoms with Crippen molar-refractivity contribution < 1.29 is 8.42 Å². The summed E-state index contributed by atoms with van der Waals surface area (Å²) in [6.45, 7) is 0. The molecular formula is C18H18N6O3S2. The highest BCUT2D eigenvalue weighted by atomic mass is 32.2. The minimum Gasteiger partial charge on any atom is -0.311 e. The van der Waals surface area contributed by atoms with Gasteiger partial charge in [-0.15, -0.1) is 10.2 Å². The van der Waals surface area contributed by atoms with Gasteiger partial charge in [-0.3, -0.25) is 13.9 Å². The molecular weight excluding hydrogens is 412 g/mol. The Hall–Kier alpha value is -3.05. The van der Waals surface area contributed by atoms with Crippen molar-refractivity contribution in [1.29, 1.82) is 0 Å². The fraction of sp³-hybridized carbons (Fsp3) is 0.167. The first kappa shape index (κ1) is 19.3. The van der Waals surface area contributed by atoms with Gasteiger partial charge in [-0.2, -0.15) is 0 Å². The van der Waals surface area contributed by atoms with Crippen LogP contribution in [0.25, 0.3) is 11.0 Å². The number of fused-ring (bicyclic) bond motifs is 1. The first-order valence-corrected chi connectivity index (χ1v) is 10.9. The number of hydrogen-bond donors (Lipinski definition) is 1. The minimum atomic E-state index is -3.80. The third-order valence-electron chi connectivity index (χ3n) is 4.54. The predicted octanol–water partition coefficient (Wildman–Crippen LogP) is 1.96. The Labute approximate surface area is 171 Å². The Balaban J connectivity index is 1.58. The summed E-state index contributed by atoms with van der Waals surface area (Å²) in [5.41, 5.74) is 1.45. The zero-order chi connectivity index (χ0) is 20.8. The van der Waals surface area contributed by atoms with Crippen molar-refractivity contribution in [3.05, 3.63) is 59.3 Å². The lowest BCUT2D eigenvalue weighted by Crippen LogP contribution is -2.19. The summed E-state index contributed by atoms with van der Waals surface area (Å²) >= 11 is 1.43. The Morgan fingerprint density at radius 1 is 0.966 bits per heavy atom. The number of benzene rings is 2. The van der Waals surface area contributed by atoms with E-state index in [1.54, 1.807) is 55.3 Å². The lowest BCUT2D eigenvalue weighted by molar-refractivity contribution is 0.601. The van der Waals surface area contributed by atoms with E-state index >= 15 is 0 Å². The van der Waals surface area contributed by atoms with E-state index in [1.165, 1.54) is 33.0 Å². The molecule has 11 heteroatoms. The number of hydrogen-bond acceptors (Lipinski definition) is 6. The maximum atomic E-state index is 12.8. The monoisotopic (exact) mass is 430 g/mol. The van der Waals surface area contributed by atoms with Gasteiger partial charge in [0.1, 0.15) is 6.33 Å². The lowest BCUT2D eigenvalue weighted by atomic mass is 10.3. The van der Waals surface area contributed by atoms with Gasteiger partial charge in [0.2, 0.25) is 0 Å². The van der Waals surface area contributed by atoms with Crippen LogP contribution in [0.4, 0.5) is 5.69 Å². The van der Waals surface area contributed by atoms with E-state index in [9.17, 15) is 13.2 Å². The summed E-state index contributed by atoms with van der Waals surface area (Å²) < 4.78 is 32.9. The molecule has 0 saturated heterocycles. The van der Waals surface area contributed by atoms with Crippen LogP contribution in [0.2, 0.25) is 0 Å². The Morgan fingerprint density at radius 3 is 2.31 bits per heavy atom. The number of aryl methyl sites for hydroxylation is 3. The zero-order valence-electron chi connectivity index (χ0n) is 15.9. The number of nitrogens with zero attached hydrogens (tertiary/aromatic N) is 5. The van der Waals surface area contributed by atoms with Crippen LogP contribution in [-0.2, 0) is 31.2 Å². The molecule has 29 heavy (non-hydrogen) atoms. The number of rotatable bonds is 5. The standard InChI is InChI=1S/C18H18N6O3S2/c1-22-11-19-20-17(22)28-13-6-4-12(5-7-13)21-29(26,27)14-8-9-15-16(10-14)24(3)18(25)23(15)2/h4-11,21H,1-3H3. The second-order valence-electron chi connectivity index (χ2n) is 6.51. The van der Waals surface area contributed by atoms with E-state index in [4.69, 9.17) is 0 Å². The second kappa shape index (κ2) is 7.08. The van der Waals surface area contributed by atoms with Crippen LogP contribution in [0.5, 0.6) is 0 Å². The van der Waals surface area contributed by atoms with Gasteiger partial charge >= 0.3 is 5.69 Å². The predicted molar refractivity (Wildman–Crippen MR) is 111 cm³/mol. The number of sulfonamides is 1. The van der Waals surface area contributed by atoms with Gasteiger partial charge < -0.3 is 4.57 Å². The molecule has 0 amide bonds. The highest BCUT2D eigenvalue weighted by molar-refractivity contribution is 7.99. The Bertz CT molecular complexity index is 1370. The van der Waals surface area contributed by atoms with Crippen LogP contribution in [-0.4, -0.2) is 32.3 Å². The van der Waals surface area contributed by atoms with Crippen molar-refractivity contribution in [3.8, 4) is 0 Å². The van der Waals surface area contributed by atoms with E-state index in [0.29, 0.717) is 16.7 Å². The van der Waals surface area contributed by atoms with Gasteiger partial charge in [0.25, 0.3) is 10.0 Å². The molecule has 0 aliphatic carbocycles. The molecule has 0 bridgehead atoms. The van der Waals surface area contributed by atoms with Crippen LogP contribution < -0.4 is 10.4 Å². The third-order valence-corrected chi connectivity index (χ3v) is 6.98. The highest BCUT2D eigenvalue weighted by Gasteiger charge is 2.17. The van der Waals surface area contributed by atoms with E-state index in [0.717, 1.165) is 10.1 Å². The first-order chi connectivity index (χ1) is 13.8. The van der Waals surface area contributed by atoms with Gasteiger partial charge in [0, 0.05) is 31.7 Å². The molecule has 0 atom stereocenters. The van der Waals surface area contributed by atoms with Gasteiger partial charge in [0.15, 0.2) is 5.16 Å². The molecule has 4 aromatic rings. The summed E-state index contributed by atoms with van der Waals surface area (Å²) in [5.74, 6) is 0. The molecule has 2 aromatic carbocycles. The molecule has 0 unspecified atom stereocenters. The molecule has 4 rings (SSSR count). The van der Waals surface area contributed by atoms with Gasteiger partial charge in [0.05, 0.1) is 15.9 Å². The van der Waals surface area contributed by atoms with Crippen LogP contribution in [0.15, 0.2) is 68.5 Å². The smallest absolute Gasteiger partial charge is 0.311 e. The van der Waals surface area contributed by atoms with Crippen molar-refractivity contribution in [1.82, 2.24) is 23.9 Å². The van der Waals surface area contributed by atoms with Gasteiger partial charge in [-0.05, 0) is 54.2 Å². The fourth-order valence-corrected chi connectivity index (χ4v) is 4.77. The Kier molecular flexibility index (Phi) is 4.71. The second-order valence-corrected chi connectivity index (χ2v) is 9.23. The number of nitrogens with one attached hydrogen (secondary N) is 1. The lowest BCUT2D eigenvalue weighted by Gasteiger charge is -2.09. The topological polar surface area (TPSA) is 104 Å². The van der Waals surface area contributed by atoms with Crippen LogP contribution in [0, 0.1) is 0 Å². The summed E-state index contributed by atoms with van der Waals surface area (Å²) in [5, 5.41) is 8.58. The molecule has 1 N–H and O–H groups in total. The molecule has 0 aliphatic heterocycles. The van der Waals surface area contributed by atoms with Crippen molar-refractivity contribution in [2.45, 2.75) is 14.9 Å². The van der Waals surface area contributed by atoms with Crippen molar-refractivity contribution >= 4 is 38.5 Å². The highest BCUT2D eigenvalue weighted by Crippen LogP contribution is 2.27. The normalized spacial score (nSPS) is 11.8. The molecule has 9 nitrogen and oxygen atoms in total.